The van der Waals surface area contributed by atoms with E-state index in [0.717, 1.165) is 12.8 Å². The van der Waals surface area contributed by atoms with Crippen LogP contribution < -0.4 is 11.1 Å². The molecule has 0 aromatic carbocycles. The number of rotatable bonds is 5. The molecule has 3 N–H and O–H groups in total. The zero-order chi connectivity index (χ0) is 15.4. The normalized spacial score (nSPS) is 24.5. The first kappa shape index (κ1) is 17.3. The summed E-state index contributed by atoms with van der Waals surface area (Å²) in [5.74, 6) is -1.69. The average molecular weight is 294 g/mol. The first-order chi connectivity index (χ1) is 9.22. The summed E-state index contributed by atoms with van der Waals surface area (Å²) in [6, 6.07) is 0. The summed E-state index contributed by atoms with van der Waals surface area (Å²) in [7, 11) is 0. The van der Waals surface area contributed by atoms with Gasteiger partial charge in [-0.15, -0.1) is 0 Å². The second kappa shape index (κ2) is 6.78. The Labute approximate surface area is 118 Å². The minimum Gasteiger partial charge on any atom is -0.354 e. The highest BCUT2D eigenvalue weighted by Crippen LogP contribution is 2.39. The van der Waals surface area contributed by atoms with Crippen molar-refractivity contribution in [2.24, 2.45) is 17.6 Å². The van der Waals surface area contributed by atoms with Crippen LogP contribution in [0, 0.1) is 11.8 Å². The van der Waals surface area contributed by atoms with Gasteiger partial charge in [0.25, 0.3) is 0 Å². The molecule has 0 heterocycles. The fourth-order valence-corrected chi connectivity index (χ4v) is 2.59. The van der Waals surface area contributed by atoms with Crippen molar-refractivity contribution in [3.8, 4) is 0 Å². The van der Waals surface area contributed by atoms with Crippen LogP contribution in [0.2, 0.25) is 0 Å². The van der Waals surface area contributed by atoms with Crippen LogP contribution in [0.25, 0.3) is 0 Å². The van der Waals surface area contributed by atoms with Crippen molar-refractivity contribution in [3.63, 3.8) is 0 Å². The molecule has 0 radical (unpaired) electrons. The smallest absolute Gasteiger partial charge is 0.354 e. The van der Waals surface area contributed by atoms with Gasteiger partial charge in [0.15, 0.2) is 0 Å². The molecule has 0 bridgehead atoms. The van der Waals surface area contributed by atoms with E-state index in [9.17, 15) is 18.0 Å². The molecule has 0 saturated heterocycles. The quantitative estimate of drug-likeness (QED) is 0.819. The number of carbonyl (C=O) groups is 1. The van der Waals surface area contributed by atoms with Crippen LogP contribution in [0.15, 0.2) is 0 Å². The Morgan fingerprint density at radius 2 is 1.65 bits per heavy atom. The Balaban J connectivity index is 2.40. The number of nitrogens with one attached hydrogen (secondary N) is 1. The molecule has 1 amide bonds. The van der Waals surface area contributed by atoms with Crippen molar-refractivity contribution in [3.05, 3.63) is 0 Å². The van der Waals surface area contributed by atoms with Crippen LogP contribution in [-0.4, -0.2) is 24.2 Å². The highest BCUT2D eigenvalue weighted by molar-refractivity contribution is 5.78. The van der Waals surface area contributed by atoms with E-state index in [1.165, 1.54) is 0 Å². The van der Waals surface area contributed by atoms with Crippen molar-refractivity contribution in [2.45, 2.75) is 64.1 Å². The lowest BCUT2D eigenvalue weighted by Crippen LogP contribution is -2.50. The molecular weight excluding hydrogens is 269 g/mol. The molecule has 0 atom stereocenters. The summed E-state index contributed by atoms with van der Waals surface area (Å²) in [5, 5.41) is 2.80. The molecule has 1 aliphatic carbocycles. The topological polar surface area (TPSA) is 55.1 Å². The van der Waals surface area contributed by atoms with Gasteiger partial charge >= 0.3 is 6.18 Å². The minimum absolute atomic E-state index is 0.0525. The predicted octanol–water partition coefficient (Wildman–Crippen LogP) is 2.99. The maximum absolute atomic E-state index is 12.5. The molecule has 20 heavy (non-hydrogen) atoms. The Bertz CT molecular complexity index is 319. The molecule has 6 heteroatoms. The lowest BCUT2D eigenvalue weighted by atomic mass is 9.81. The number of alkyl halides is 3. The summed E-state index contributed by atoms with van der Waals surface area (Å²) in [6.45, 7) is 4.31. The molecule has 1 saturated carbocycles. The van der Waals surface area contributed by atoms with Gasteiger partial charge in [0.2, 0.25) is 5.91 Å². The number of carbonyl (C=O) groups excluding carboxylic acids is 1. The minimum atomic E-state index is -4.13. The highest BCUT2D eigenvalue weighted by Gasteiger charge is 2.42. The van der Waals surface area contributed by atoms with E-state index in [1.54, 1.807) is 0 Å². The van der Waals surface area contributed by atoms with Gasteiger partial charge in [0.1, 0.15) is 0 Å². The number of hydrogen-bond donors (Lipinski definition) is 2. The van der Waals surface area contributed by atoms with E-state index in [2.05, 4.69) is 5.32 Å². The van der Waals surface area contributed by atoms with E-state index in [1.807, 2.05) is 13.8 Å². The third-order valence-electron chi connectivity index (χ3n) is 4.58. The second-order valence-electron chi connectivity index (χ2n) is 5.88. The standard InChI is InChI=1S/C14H25F3N2O/c1-3-13(18,4-2)9-19-12(20)10-5-7-11(8-6-10)14(15,16)17/h10-11H,3-9,18H2,1-2H3,(H,19,20). The maximum atomic E-state index is 12.5. The van der Waals surface area contributed by atoms with Crippen LogP contribution in [0.1, 0.15) is 52.4 Å². The predicted molar refractivity (Wildman–Crippen MR) is 72.0 cm³/mol. The zero-order valence-corrected chi connectivity index (χ0v) is 12.2. The highest BCUT2D eigenvalue weighted by atomic mass is 19.4. The average Bonchev–Trinajstić information content (AvgIpc) is 2.43. The van der Waals surface area contributed by atoms with Crippen LogP contribution >= 0.6 is 0 Å². The van der Waals surface area contributed by atoms with E-state index in [4.69, 9.17) is 5.73 Å². The summed E-state index contributed by atoms with van der Waals surface area (Å²) < 4.78 is 37.6. The molecular formula is C14H25F3N2O. The maximum Gasteiger partial charge on any atom is 0.391 e. The van der Waals surface area contributed by atoms with Gasteiger partial charge in [0.05, 0.1) is 5.92 Å². The SMILES string of the molecule is CCC(N)(CC)CNC(=O)C1CCC(C(F)(F)F)CC1. The lowest BCUT2D eigenvalue weighted by Gasteiger charge is -2.31. The van der Waals surface area contributed by atoms with Crippen molar-refractivity contribution >= 4 is 5.91 Å². The molecule has 0 spiro atoms. The number of nitrogens with two attached hydrogens (primary N) is 1. The first-order valence-corrected chi connectivity index (χ1v) is 7.35. The van der Waals surface area contributed by atoms with Gasteiger partial charge in [-0.3, -0.25) is 4.79 Å². The Morgan fingerprint density at radius 3 is 2.05 bits per heavy atom. The number of hydrogen-bond acceptors (Lipinski definition) is 2. The van der Waals surface area contributed by atoms with Gasteiger partial charge in [-0.2, -0.15) is 13.2 Å². The molecule has 0 aliphatic heterocycles. The van der Waals surface area contributed by atoms with Gasteiger partial charge in [0, 0.05) is 18.0 Å². The summed E-state index contributed by atoms with van der Waals surface area (Å²) in [5.41, 5.74) is 5.67. The van der Waals surface area contributed by atoms with Crippen molar-refractivity contribution < 1.29 is 18.0 Å². The first-order valence-electron chi connectivity index (χ1n) is 7.35. The fourth-order valence-electron chi connectivity index (χ4n) is 2.59. The Morgan fingerprint density at radius 1 is 1.15 bits per heavy atom. The Kier molecular flexibility index (Phi) is 5.86. The summed E-state index contributed by atoms with van der Waals surface area (Å²) in [4.78, 5) is 12.0. The number of halogens is 3. The molecule has 118 valence electrons. The van der Waals surface area contributed by atoms with E-state index < -0.39 is 17.6 Å². The van der Waals surface area contributed by atoms with E-state index in [-0.39, 0.29) is 24.7 Å². The summed E-state index contributed by atoms with van der Waals surface area (Å²) >= 11 is 0. The number of amides is 1. The molecule has 1 rings (SSSR count). The fraction of sp³-hybridized carbons (Fsp3) is 0.929. The third-order valence-corrected chi connectivity index (χ3v) is 4.58. The van der Waals surface area contributed by atoms with Gasteiger partial charge in [-0.25, -0.2) is 0 Å². The van der Waals surface area contributed by atoms with E-state index in [0.29, 0.717) is 19.4 Å². The van der Waals surface area contributed by atoms with Crippen molar-refractivity contribution in [2.75, 3.05) is 6.54 Å². The van der Waals surface area contributed by atoms with Gasteiger partial charge in [-0.05, 0) is 38.5 Å². The largest absolute Gasteiger partial charge is 0.391 e. The van der Waals surface area contributed by atoms with Crippen LogP contribution in [0.5, 0.6) is 0 Å². The van der Waals surface area contributed by atoms with E-state index >= 15 is 0 Å². The molecule has 0 aromatic heterocycles. The van der Waals surface area contributed by atoms with Gasteiger partial charge < -0.3 is 11.1 Å². The van der Waals surface area contributed by atoms with Crippen LogP contribution in [-0.2, 0) is 4.79 Å². The Hall–Kier alpha value is -0.780. The van der Waals surface area contributed by atoms with Crippen molar-refractivity contribution in [1.29, 1.82) is 0 Å². The molecule has 0 aromatic rings. The third kappa shape index (κ3) is 4.65. The second-order valence-corrected chi connectivity index (χ2v) is 5.88. The molecule has 3 nitrogen and oxygen atoms in total. The van der Waals surface area contributed by atoms with Gasteiger partial charge in [-0.1, -0.05) is 13.8 Å². The summed E-state index contributed by atoms with van der Waals surface area (Å²) in [6.07, 6.45) is -1.89. The molecule has 0 unspecified atom stereocenters. The molecule has 1 aliphatic rings. The monoisotopic (exact) mass is 294 g/mol. The lowest BCUT2D eigenvalue weighted by molar-refractivity contribution is -0.184. The van der Waals surface area contributed by atoms with Crippen LogP contribution in [0.4, 0.5) is 13.2 Å². The van der Waals surface area contributed by atoms with Crippen LogP contribution in [0.3, 0.4) is 0 Å². The zero-order valence-electron chi connectivity index (χ0n) is 12.2. The molecule has 1 fully saturated rings. The van der Waals surface area contributed by atoms with Crippen molar-refractivity contribution in [1.82, 2.24) is 5.32 Å².